The summed E-state index contributed by atoms with van der Waals surface area (Å²) in [5.74, 6) is -0.0141. The highest BCUT2D eigenvalue weighted by Gasteiger charge is 2.20. The molecular weight excluding hydrogens is 1040 g/mol. The molecule has 0 aliphatic carbocycles. The summed E-state index contributed by atoms with van der Waals surface area (Å²) in [4.78, 5) is 24.6. The third-order valence-electron chi connectivity index (χ3n) is 18.5. The fourth-order valence-electron chi connectivity index (χ4n) is 12.5. The molecule has 0 aromatic rings. The van der Waals surface area contributed by atoms with Crippen LogP contribution >= 0.6 is 0 Å². The van der Waals surface area contributed by atoms with Gasteiger partial charge in [0.2, 0.25) is 5.91 Å². The van der Waals surface area contributed by atoms with Gasteiger partial charge < -0.3 is 20.3 Å². The molecule has 0 saturated heterocycles. The van der Waals surface area contributed by atoms with Gasteiger partial charge in [0.25, 0.3) is 0 Å². The van der Waals surface area contributed by atoms with Crippen LogP contribution in [0.2, 0.25) is 0 Å². The molecule has 0 radical (unpaired) electrons. The summed E-state index contributed by atoms with van der Waals surface area (Å²) in [7, 11) is 0. The average Bonchev–Trinajstić information content (AvgIpc) is 3.55. The predicted octanol–water partition coefficient (Wildman–Crippen LogP) is 25.7. The van der Waals surface area contributed by atoms with Gasteiger partial charge in [-0.25, -0.2) is 0 Å². The highest BCUT2D eigenvalue weighted by atomic mass is 16.5. The van der Waals surface area contributed by atoms with Gasteiger partial charge in [-0.15, -0.1) is 0 Å². The molecule has 6 nitrogen and oxygen atoms in total. The number of hydrogen-bond donors (Lipinski definition) is 3. The summed E-state index contributed by atoms with van der Waals surface area (Å²) in [5, 5.41) is 23.4. The molecule has 0 heterocycles. The lowest BCUT2D eigenvalue weighted by Gasteiger charge is -2.22. The minimum absolute atomic E-state index is 0.0120. The van der Waals surface area contributed by atoms with Gasteiger partial charge in [-0.05, 0) is 70.6 Å². The lowest BCUT2D eigenvalue weighted by atomic mass is 10.0. The number of ether oxygens (including phenoxy) is 1. The van der Waals surface area contributed by atoms with E-state index in [2.05, 4.69) is 43.5 Å². The van der Waals surface area contributed by atoms with Crippen LogP contribution in [-0.2, 0) is 14.3 Å². The summed E-state index contributed by atoms with van der Waals surface area (Å²) in [6.45, 7) is 4.96. The highest BCUT2D eigenvalue weighted by molar-refractivity contribution is 5.76. The van der Waals surface area contributed by atoms with Gasteiger partial charge in [0, 0.05) is 12.8 Å². The van der Waals surface area contributed by atoms with E-state index in [9.17, 15) is 19.8 Å². The van der Waals surface area contributed by atoms with Crippen molar-refractivity contribution in [1.82, 2.24) is 5.32 Å². The number of amides is 1. The van der Waals surface area contributed by atoms with Crippen molar-refractivity contribution in [2.24, 2.45) is 0 Å². The molecule has 6 heteroatoms. The number of carbonyl (C=O) groups is 2. The smallest absolute Gasteiger partial charge is 0.305 e. The van der Waals surface area contributed by atoms with E-state index >= 15 is 0 Å². The van der Waals surface area contributed by atoms with Gasteiger partial charge in [0.05, 0.1) is 25.4 Å². The van der Waals surface area contributed by atoms with Crippen LogP contribution in [0.15, 0.2) is 24.3 Å². The Labute approximate surface area is 532 Å². The van der Waals surface area contributed by atoms with Crippen LogP contribution in [0.5, 0.6) is 0 Å². The standard InChI is InChI=1S/C79H153NO5/c1-3-5-7-9-11-13-15-16-17-18-42-45-48-52-55-59-63-67-71-77(82)76(75-81)80-78(83)72-68-64-60-56-53-49-46-43-40-38-36-34-32-30-28-26-24-22-20-19-21-23-25-27-29-31-33-35-37-39-41-44-47-50-54-58-62-66-70-74-85-79(84)73-69-65-61-57-51-14-12-10-8-6-4-2/h10,12,19-20,76-77,81-82H,3-9,11,13-18,21-75H2,1-2H3,(H,80,83)/b12-10-,20-19-. The second-order valence-electron chi connectivity index (χ2n) is 27.0. The van der Waals surface area contributed by atoms with E-state index in [1.807, 2.05) is 0 Å². The maximum absolute atomic E-state index is 12.5. The minimum Gasteiger partial charge on any atom is -0.466 e. The first kappa shape index (κ1) is 83.3. The number of nitrogens with one attached hydrogen (secondary N) is 1. The number of allylic oxidation sites excluding steroid dienone is 4. The molecule has 0 bridgehead atoms. The Balaban J connectivity index is 3.32. The van der Waals surface area contributed by atoms with Crippen LogP contribution < -0.4 is 5.32 Å². The van der Waals surface area contributed by atoms with Crippen molar-refractivity contribution in [2.75, 3.05) is 13.2 Å². The van der Waals surface area contributed by atoms with Crippen LogP contribution in [0.25, 0.3) is 0 Å². The first-order valence-electron chi connectivity index (χ1n) is 39.1. The van der Waals surface area contributed by atoms with Gasteiger partial charge in [-0.1, -0.05) is 385 Å². The van der Waals surface area contributed by atoms with Crippen molar-refractivity contribution < 1.29 is 24.5 Å². The zero-order valence-electron chi connectivity index (χ0n) is 57.9. The molecule has 0 fully saturated rings. The number of aliphatic hydroxyl groups excluding tert-OH is 2. The maximum atomic E-state index is 12.5. The Hall–Kier alpha value is -1.66. The third-order valence-corrected chi connectivity index (χ3v) is 18.5. The zero-order chi connectivity index (χ0) is 61.3. The second kappa shape index (κ2) is 74.8. The molecule has 0 spiro atoms. The summed E-state index contributed by atoms with van der Waals surface area (Å²) in [6, 6.07) is -0.538. The maximum Gasteiger partial charge on any atom is 0.305 e. The molecule has 2 unspecified atom stereocenters. The number of carbonyl (C=O) groups excluding carboxylic acids is 2. The van der Waals surface area contributed by atoms with Gasteiger partial charge >= 0.3 is 5.97 Å². The normalized spacial score (nSPS) is 12.6. The number of rotatable bonds is 74. The lowest BCUT2D eigenvalue weighted by molar-refractivity contribution is -0.143. The topological polar surface area (TPSA) is 95.9 Å². The zero-order valence-corrected chi connectivity index (χ0v) is 57.9. The Morgan fingerprint density at radius 2 is 0.565 bits per heavy atom. The van der Waals surface area contributed by atoms with Gasteiger partial charge in [-0.2, -0.15) is 0 Å². The largest absolute Gasteiger partial charge is 0.466 e. The monoisotopic (exact) mass is 1200 g/mol. The molecule has 0 aliphatic heterocycles. The molecule has 85 heavy (non-hydrogen) atoms. The van der Waals surface area contributed by atoms with Crippen LogP contribution in [0.4, 0.5) is 0 Å². The molecule has 0 aromatic carbocycles. The predicted molar refractivity (Wildman–Crippen MR) is 375 cm³/mol. The summed E-state index contributed by atoms with van der Waals surface area (Å²) in [6.07, 6.45) is 95.7. The summed E-state index contributed by atoms with van der Waals surface area (Å²) in [5.41, 5.74) is 0. The lowest BCUT2D eigenvalue weighted by Crippen LogP contribution is -2.45. The van der Waals surface area contributed by atoms with E-state index < -0.39 is 12.1 Å². The molecule has 1 amide bonds. The Kier molecular flexibility index (Phi) is 73.3. The van der Waals surface area contributed by atoms with Crippen LogP contribution in [-0.4, -0.2) is 47.4 Å². The third kappa shape index (κ3) is 71.3. The van der Waals surface area contributed by atoms with E-state index in [0.29, 0.717) is 25.9 Å². The summed E-state index contributed by atoms with van der Waals surface area (Å²) >= 11 is 0. The van der Waals surface area contributed by atoms with Crippen molar-refractivity contribution in [3.05, 3.63) is 24.3 Å². The van der Waals surface area contributed by atoms with Crippen molar-refractivity contribution in [3.63, 3.8) is 0 Å². The van der Waals surface area contributed by atoms with E-state index in [1.54, 1.807) is 0 Å². The van der Waals surface area contributed by atoms with Gasteiger partial charge in [0.1, 0.15) is 0 Å². The molecule has 0 aliphatic rings. The van der Waals surface area contributed by atoms with E-state index in [1.165, 1.54) is 366 Å². The molecule has 2 atom stereocenters. The molecule has 504 valence electrons. The van der Waals surface area contributed by atoms with Crippen LogP contribution in [0.1, 0.15) is 444 Å². The second-order valence-corrected chi connectivity index (χ2v) is 27.0. The molecule has 0 rings (SSSR count). The number of esters is 1. The SMILES string of the molecule is CCCC/C=C\CCCCCCCC(=O)OCCCCCCCCCCCCCCCCCCCC/C=C\CCCCCCCCCCCCCCCCCCCC(=O)NC(CO)C(O)CCCCCCCCCCCCCCCCCCCC. The van der Waals surface area contributed by atoms with Gasteiger partial charge in [-0.3, -0.25) is 9.59 Å². The van der Waals surface area contributed by atoms with Gasteiger partial charge in [0.15, 0.2) is 0 Å². The fraction of sp³-hybridized carbons (Fsp3) is 0.924. The Morgan fingerprint density at radius 1 is 0.318 bits per heavy atom. The Bertz CT molecular complexity index is 1330. The molecule has 3 N–H and O–H groups in total. The minimum atomic E-state index is -0.661. The van der Waals surface area contributed by atoms with Crippen molar-refractivity contribution >= 4 is 11.9 Å². The van der Waals surface area contributed by atoms with Crippen molar-refractivity contribution in [3.8, 4) is 0 Å². The van der Waals surface area contributed by atoms with Crippen LogP contribution in [0, 0.1) is 0 Å². The molecule has 0 aromatic heterocycles. The molecular formula is C79H153NO5. The molecule has 0 saturated carbocycles. The summed E-state index contributed by atoms with van der Waals surface area (Å²) < 4.78 is 5.47. The fourth-order valence-corrected chi connectivity index (χ4v) is 12.5. The highest BCUT2D eigenvalue weighted by Crippen LogP contribution is 2.20. The van der Waals surface area contributed by atoms with E-state index in [4.69, 9.17) is 4.74 Å². The Morgan fingerprint density at radius 3 is 0.871 bits per heavy atom. The number of aliphatic hydroxyl groups is 2. The van der Waals surface area contributed by atoms with E-state index in [0.717, 1.165) is 44.9 Å². The van der Waals surface area contributed by atoms with Crippen LogP contribution in [0.3, 0.4) is 0 Å². The van der Waals surface area contributed by atoms with E-state index in [-0.39, 0.29) is 18.5 Å². The number of hydrogen-bond acceptors (Lipinski definition) is 5. The number of unbranched alkanes of at least 4 members (excludes halogenated alkanes) is 59. The first-order valence-corrected chi connectivity index (χ1v) is 39.1. The van der Waals surface area contributed by atoms with Crippen molar-refractivity contribution in [2.45, 2.75) is 456 Å². The quantitative estimate of drug-likeness (QED) is 0.0320. The average molecular weight is 1200 g/mol. The first-order chi connectivity index (χ1) is 42.0. The van der Waals surface area contributed by atoms with Crippen molar-refractivity contribution in [1.29, 1.82) is 0 Å².